The zero-order valence-corrected chi connectivity index (χ0v) is 12.5. The van der Waals surface area contributed by atoms with Gasteiger partial charge in [0.2, 0.25) is 0 Å². The molecule has 1 N–H and O–H groups in total. The van der Waals surface area contributed by atoms with Crippen LogP contribution in [0, 0.1) is 6.92 Å². The van der Waals surface area contributed by atoms with Crippen molar-refractivity contribution in [1.82, 2.24) is 10.3 Å². The number of nitrogens with zero attached hydrogens (tertiary/aromatic N) is 1. The third kappa shape index (κ3) is 4.78. The summed E-state index contributed by atoms with van der Waals surface area (Å²) in [6, 6.07) is 13.6. The Labute approximate surface area is 122 Å². The average molecular weight is 268 g/mol. The van der Waals surface area contributed by atoms with Crippen molar-refractivity contribution in [1.29, 1.82) is 0 Å². The number of hydrogen-bond acceptors (Lipinski definition) is 2. The van der Waals surface area contributed by atoms with Crippen LogP contribution in [-0.2, 0) is 12.8 Å². The predicted octanol–water partition coefficient (Wildman–Crippen LogP) is 3.54. The Hall–Kier alpha value is -1.67. The molecule has 2 aromatic rings. The zero-order valence-electron chi connectivity index (χ0n) is 12.5. The highest BCUT2D eigenvalue weighted by Gasteiger charge is 2.09. The number of benzene rings is 1. The first-order valence-electron chi connectivity index (χ1n) is 7.45. The van der Waals surface area contributed by atoms with Crippen LogP contribution in [-0.4, -0.2) is 17.6 Å². The van der Waals surface area contributed by atoms with Crippen molar-refractivity contribution in [3.63, 3.8) is 0 Å². The molecule has 2 nitrogen and oxygen atoms in total. The number of rotatable bonds is 7. The van der Waals surface area contributed by atoms with Crippen LogP contribution in [0.25, 0.3) is 0 Å². The monoisotopic (exact) mass is 268 g/mol. The Kier molecular flexibility index (Phi) is 5.75. The molecular weight excluding hydrogens is 244 g/mol. The maximum atomic E-state index is 4.09. The lowest BCUT2D eigenvalue weighted by Crippen LogP contribution is -2.33. The zero-order chi connectivity index (χ0) is 14.2. The molecule has 0 aliphatic heterocycles. The van der Waals surface area contributed by atoms with E-state index in [2.05, 4.69) is 60.5 Å². The van der Waals surface area contributed by atoms with E-state index in [1.165, 1.54) is 23.1 Å². The maximum Gasteiger partial charge on any atom is 0.0270 e. The van der Waals surface area contributed by atoms with Gasteiger partial charge in [-0.15, -0.1) is 0 Å². The van der Waals surface area contributed by atoms with E-state index in [1.54, 1.807) is 0 Å². The number of hydrogen-bond donors (Lipinski definition) is 1. The molecule has 1 heterocycles. The fourth-order valence-electron chi connectivity index (χ4n) is 2.38. The van der Waals surface area contributed by atoms with E-state index in [1.807, 2.05) is 12.4 Å². The van der Waals surface area contributed by atoms with Crippen LogP contribution < -0.4 is 5.32 Å². The molecule has 0 fully saturated rings. The third-order valence-electron chi connectivity index (χ3n) is 3.52. The van der Waals surface area contributed by atoms with E-state index in [9.17, 15) is 0 Å². The van der Waals surface area contributed by atoms with Crippen molar-refractivity contribution in [3.05, 3.63) is 65.5 Å². The van der Waals surface area contributed by atoms with Gasteiger partial charge in [0.15, 0.2) is 0 Å². The van der Waals surface area contributed by atoms with Crippen LogP contribution >= 0.6 is 0 Å². The molecular formula is C18H24N2. The summed E-state index contributed by atoms with van der Waals surface area (Å²) >= 11 is 0. The van der Waals surface area contributed by atoms with Crippen molar-refractivity contribution >= 4 is 0 Å². The van der Waals surface area contributed by atoms with Crippen molar-refractivity contribution in [2.45, 2.75) is 39.2 Å². The summed E-state index contributed by atoms with van der Waals surface area (Å²) in [6.07, 6.45) is 7.04. The third-order valence-corrected chi connectivity index (χ3v) is 3.52. The van der Waals surface area contributed by atoms with Gasteiger partial charge in [-0.05, 0) is 56.0 Å². The van der Waals surface area contributed by atoms with E-state index in [0.29, 0.717) is 6.04 Å². The molecule has 0 saturated carbocycles. The molecule has 0 radical (unpaired) electrons. The first-order chi connectivity index (χ1) is 9.78. The number of aryl methyl sites for hydroxylation is 1. The van der Waals surface area contributed by atoms with Gasteiger partial charge in [0.1, 0.15) is 0 Å². The van der Waals surface area contributed by atoms with Gasteiger partial charge in [-0.3, -0.25) is 4.98 Å². The molecule has 0 amide bonds. The lowest BCUT2D eigenvalue weighted by molar-refractivity contribution is 0.504. The lowest BCUT2D eigenvalue weighted by atomic mass is 9.99. The van der Waals surface area contributed by atoms with Crippen molar-refractivity contribution in [2.24, 2.45) is 0 Å². The lowest BCUT2D eigenvalue weighted by Gasteiger charge is -2.19. The summed E-state index contributed by atoms with van der Waals surface area (Å²) in [5.74, 6) is 0. The maximum absolute atomic E-state index is 4.09. The highest BCUT2D eigenvalue weighted by atomic mass is 14.9. The number of aromatic nitrogens is 1. The Morgan fingerprint density at radius 3 is 2.15 bits per heavy atom. The van der Waals surface area contributed by atoms with Gasteiger partial charge < -0.3 is 5.32 Å². The van der Waals surface area contributed by atoms with Crippen LogP contribution in [0.5, 0.6) is 0 Å². The van der Waals surface area contributed by atoms with Gasteiger partial charge in [0.25, 0.3) is 0 Å². The molecule has 2 rings (SSSR count). The molecule has 0 bridgehead atoms. The van der Waals surface area contributed by atoms with E-state index >= 15 is 0 Å². The molecule has 0 aliphatic carbocycles. The van der Waals surface area contributed by atoms with Crippen LogP contribution in [0.15, 0.2) is 48.8 Å². The highest BCUT2D eigenvalue weighted by Crippen LogP contribution is 2.10. The van der Waals surface area contributed by atoms with Crippen LogP contribution in [0.4, 0.5) is 0 Å². The van der Waals surface area contributed by atoms with E-state index in [4.69, 9.17) is 0 Å². The number of nitrogens with one attached hydrogen (secondary N) is 1. The standard InChI is InChI=1S/C18H24N2/c1-3-10-20-18(14-17-8-11-19-12-9-17)13-16-6-4-15(2)5-7-16/h4-9,11-12,18,20H,3,10,13-14H2,1-2H3. The molecule has 0 spiro atoms. The molecule has 20 heavy (non-hydrogen) atoms. The molecule has 1 aromatic heterocycles. The summed E-state index contributed by atoms with van der Waals surface area (Å²) in [4.78, 5) is 4.09. The molecule has 2 heteroatoms. The van der Waals surface area contributed by atoms with Gasteiger partial charge in [-0.2, -0.15) is 0 Å². The van der Waals surface area contributed by atoms with Gasteiger partial charge in [0.05, 0.1) is 0 Å². The Balaban J connectivity index is 2.01. The fourth-order valence-corrected chi connectivity index (χ4v) is 2.38. The van der Waals surface area contributed by atoms with Gasteiger partial charge in [-0.25, -0.2) is 0 Å². The SMILES string of the molecule is CCCNC(Cc1ccncc1)Cc1ccc(C)cc1. The number of pyridine rings is 1. The molecule has 0 aliphatic rings. The molecule has 1 aromatic carbocycles. The van der Waals surface area contributed by atoms with E-state index in [-0.39, 0.29) is 0 Å². The van der Waals surface area contributed by atoms with Crippen molar-refractivity contribution < 1.29 is 0 Å². The minimum absolute atomic E-state index is 0.486. The van der Waals surface area contributed by atoms with Gasteiger partial charge >= 0.3 is 0 Å². The molecule has 0 saturated heterocycles. The van der Waals surface area contributed by atoms with Crippen molar-refractivity contribution in [2.75, 3.05) is 6.54 Å². The largest absolute Gasteiger partial charge is 0.313 e. The summed E-state index contributed by atoms with van der Waals surface area (Å²) < 4.78 is 0. The Morgan fingerprint density at radius 2 is 1.55 bits per heavy atom. The normalized spacial score (nSPS) is 12.3. The Bertz CT molecular complexity index is 491. The summed E-state index contributed by atoms with van der Waals surface area (Å²) in [5.41, 5.74) is 4.07. The van der Waals surface area contributed by atoms with E-state index in [0.717, 1.165) is 19.4 Å². The smallest absolute Gasteiger partial charge is 0.0270 e. The quantitative estimate of drug-likeness (QED) is 0.830. The molecule has 1 atom stereocenters. The van der Waals surface area contributed by atoms with Crippen LogP contribution in [0.2, 0.25) is 0 Å². The molecule has 1 unspecified atom stereocenters. The fraction of sp³-hybridized carbons (Fsp3) is 0.389. The Morgan fingerprint density at radius 1 is 0.950 bits per heavy atom. The summed E-state index contributed by atoms with van der Waals surface area (Å²) in [6.45, 7) is 5.41. The topological polar surface area (TPSA) is 24.9 Å². The average Bonchev–Trinajstić information content (AvgIpc) is 2.48. The van der Waals surface area contributed by atoms with Crippen LogP contribution in [0.3, 0.4) is 0 Å². The predicted molar refractivity (Wildman–Crippen MR) is 84.9 cm³/mol. The second kappa shape index (κ2) is 7.81. The summed E-state index contributed by atoms with van der Waals surface area (Å²) in [5, 5.41) is 3.66. The minimum Gasteiger partial charge on any atom is -0.313 e. The summed E-state index contributed by atoms with van der Waals surface area (Å²) in [7, 11) is 0. The van der Waals surface area contributed by atoms with Crippen LogP contribution in [0.1, 0.15) is 30.0 Å². The van der Waals surface area contributed by atoms with Gasteiger partial charge in [-0.1, -0.05) is 36.8 Å². The van der Waals surface area contributed by atoms with Crippen molar-refractivity contribution in [3.8, 4) is 0 Å². The first-order valence-corrected chi connectivity index (χ1v) is 7.45. The first kappa shape index (κ1) is 14.7. The second-order valence-corrected chi connectivity index (χ2v) is 5.40. The minimum atomic E-state index is 0.486. The highest BCUT2D eigenvalue weighted by molar-refractivity contribution is 5.23. The van der Waals surface area contributed by atoms with Gasteiger partial charge in [0, 0.05) is 18.4 Å². The second-order valence-electron chi connectivity index (χ2n) is 5.40. The van der Waals surface area contributed by atoms with E-state index < -0.39 is 0 Å². The molecule has 106 valence electrons.